The maximum atomic E-state index is 12.2. The van der Waals surface area contributed by atoms with Gasteiger partial charge in [-0.05, 0) is 12.1 Å². The van der Waals surface area contributed by atoms with E-state index in [1.54, 1.807) is 42.5 Å². The number of carbonyl (C=O) groups is 1. The fourth-order valence-electron chi connectivity index (χ4n) is 1.60. The second kappa shape index (κ2) is 5.47. The van der Waals surface area contributed by atoms with Crippen LogP contribution in [-0.4, -0.2) is 16.7 Å². The molecular formula is C14H10ClNO2. The second-order valence-electron chi connectivity index (χ2n) is 3.65. The maximum Gasteiger partial charge on any atom is 0.215 e. The molecule has 1 N–H and O–H groups in total. The van der Waals surface area contributed by atoms with E-state index in [4.69, 9.17) is 16.8 Å². The van der Waals surface area contributed by atoms with Gasteiger partial charge in [0.1, 0.15) is 0 Å². The SMILES string of the molecule is O=C(/C(=N/O)c1ccccc1)c1cccc(Cl)c1. The first-order valence-corrected chi connectivity index (χ1v) is 5.68. The summed E-state index contributed by atoms with van der Waals surface area (Å²) in [4.78, 5) is 12.2. The van der Waals surface area contributed by atoms with Crippen molar-refractivity contribution in [3.05, 3.63) is 70.7 Å². The van der Waals surface area contributed by atoms with Crippen molar-refractivity contribution in [2.75, 3.05) is 0 Å². The second-order valence-corrected chi connectivity index (χ2v) is 4.09. The van der Waals surface area contributed by atoms with E-state index in [1.807, 2.05) is 6.07 Å². The lowest BCUT2D eigenvalue weighted by Crippen LogP contribution is -2.15. The molecule has 2 aromatic rings. The van der Waals surface area contributed by atoms with Gasteiger partial charge in [0, 0.05) is 16.1 Å². The maximum absolute atomic E-state index is 12.2. The number of carbonyl (C=O) groups excluding carboxylic acids is 1. The molecule has 0 aliphatic rings. The monoisotopic (exact) mass is 259 g/mol. The standard InChI is InChI=1S/C14H10ClNO2/c15-12-8-4-7-11(9-12)14(17)13(16-18)10-5-2-1-3-6-10/h1-9,18H/b16-13+. The van der Waals surface area contributed by atoms with Gasteiger partial charge in [0.2, 0.25) is 5.78 Å². The van der Waals surface area contributed by atoms with Crippen LogP contribution in [0.4, 0.5) is 0 Å². The lowest BCUT2D eigenvalue weighted by Gasteiger charge is -2.04. The number of benzene rings is 2. The highest BCUT2D eigenvalue weighted by Crippen LogP contribution is 2.14. The normalized spacial score (nSPS) is 11.3. The third-order valence-corrected chi connectivity index (χ3v) is 2.68. The third kappa shape index (κ3) is 2.57. The number of hydrogen-bond donors (Lipinski definition) is 1. The van der Waals surface area contributed by atoms with Crippen LogP contribution in [0.3, 0.4) is 0 Å². The van der Waals surface area contributed by atoms with Crippen LogP contribution in [0.2, 0.25) is 5.02 Å². The van der Waals surface area contributed by atoms with Gasteiger partial charge in [0.25, 0.3) is 0 Å². The molecule has 2 rings (SSSR count). The van der Waals surface area contributed by atoms with E-state index < -0.39 is 0 Å². The number of Topliss-reactive ketones (excluding diaryl/α,β-unsaturated/α-hetero) is 1. The molecule has 0 spiro atoms. The smallest absolute Gasteiger partial charge is 0.215 e. The van der Waals surface area contributed by atoms with Crippen LogP contribution in [0, 0.1) is 0 Å². The molecule has 0 aromatic heterocycles. The van der Waals surface area contributed by atoms with Crippen molar-refractivity contribution in [1.29, 1.82) is 0 Å². The number of hydrogen-bond acceptors (Lipinski definition) is 3. The summed E-state index contributed by atoms with van der Waals surface area (Å²) >= 11 is 5.83. The van der Waals surface area contributed by atoms with Crippen LogP contribution >= 0.6 is 11.6 Å². The van der Waals surface area contributed by atoms with Crippen molar-refractivity contribution >= 4 is 23.1 Å². The molecule has 0 saturated carbocycles. The fraction of sp³-hybridized carbons (Fsp3) is 0. The van der Waals surface area contributed by atoms with E-state index in [9.17, 15) is 4.79 Å². The van der Waals surface area contributed by atoms with Gasteiger partial charge >= 0.3 is 0 Å². The van der Waals surface area contributed by atoms with Crippen LogP contribution in [0.5, 0.6) is 0 Å². The molecule has 0 aliphatic carbocycles. The molecule has 2 aromatic carbocycles. The number of halogens is 1. The lowest BCUT2D eigenvalue weighted by molar-refractivity contribution is 0.106. The topological polar surface area (TPSA) is 49.7 Å². The molecule has 0 unspecified atom stereocenters. The zero-order valence-corrected chi connectivity index (χ0v) is 10.1. The van der Waals surface area contributed by atoms with Crippen molar-refractivity contribution in [2.45, 2.75) is 0 Å². The summed E-state index contributed by atoms with van der Waals surface area (Å²) in [6.07, 6.45) is 0. The lowest BCUT2D eigenvalue weighted by atomic mass is 10.0. The van der Waals surface area contributed by atoms with Crippen molar-refractivity contribution in [3.63, 3.8) is 0 Å². The number of rotatable bonds is 3. The minimum absolute atomic E-state index is 0.00198. The van der Waals surface area contributed by atoms with Gasteiger partial charge in [-0.1, -0.05) is 59.2 Å². The Morgan fingerprint density at radius 2 is 1.67 bits per heavy atom. The average molecular weight is 260 g/mol. The molecule has 0 heterocycles. The molecule has 4 heteroatoms. The Labute approximate surface area is 109 Å². The van der Waals surface area contributed by atoms with Crippen LogP contribution in [-0.2, 0) is 0 Å². The highest BCUT2D eigenvalue weighted by atomic mass is 35.5. The molecular weight excluding hydrogens is 250 g/mol. The summed E-state index contributed by atoms with van der Waals surface area (Å²) in [7, 11) is 0. The van der Waals surface area contributed by atoms with Gasteiger partial charge < -0.3 is 5.21 Å². The quantitative estimate of drug-likeness (QED) is 0.397. The summed E-state index contributed by atoms with van der Waals surface area (Å²) in [5.41, 5.74) is 0.946. The Kier molecular flexibility index (Phi) is 3.75. The van der Waals surface area contributed by atoms with E-state index in [-0.39, 0.29) is 11.5 Å². The van der Waals surface area contributed by atoms with E-state index >= 15 is 0 Å². The zero-order chi connectivity index (χ0) is 13.0. The van der Waals surface area contributed by atoms with Crippen LogP contribution in [0.25, 0.3) is 0 Å². The van der Waals surface area contributed by atoms with Gasteiger partial charge in [0.15, 0.2) is 5.71 Å². The first kappa shape index (κ1) is 12.3. The van der Waals surface area contributed by atoms with E-state index in [0.717, 1.165) is 0 Å². The summed E-state index contributed by atoms with van der Waals surface area (Å²) in [5, 5.41) is 12.6. The van der Waals surface area contributed by atoms with Crippen LogP contribution in [0.15, 0.2) is 59.8 Å². The summed E-state index contributed by atoms with van der Waals surface area (Å²) < 4.78 is 0. The summed E-state index contributed by atoms with van der Waals surface area (Å²) in [6, 6.07) is 15.3. The number of oxime groups is 1. The minimum atomic E-state index is -0.369. The van der Waals surface area contributed by atoms with Crippen molar-refractivity contribution in [1.82, 2.24) is 0 Å². The number of ketones is 1. The molecule has 0 atom stereocenters. The summed E-state index contributed by atoms with van der Waals surface area (Å²) in [6.45, 7) is 0. The Morgan fingerprint density at radius 3 is 2.28 bits per heavy atom. The van der Waals surface area contributed by atoms with Gasteiger partial charge in [0.05, 0.1) is 0 Å². The van der Waals surface area contributed by atoms with Gasteiger partial charge in [-0.15, -0.1) is 0 Å². The Morgan fingerprint density at radius 1 is 1.00 bits per heavy atom. The molecule has 0 aliphatic heterocycles. The fourth-order valence-corrected chi connectivity index (χ4v) is 1.79. The highest BCUT2D eigenvalue weighted by molar-refractivity contribution is 6.51. The Balaban J connectivity index is 2.39. The first-order chi connectivity index (χ1) is 8.72. The van der Waals surface area contributed by atoms with E-state index in [0.29, 0.717) is 16.1 Å². The molecule has 0 bridgehead atoms. The Bertz CT molecular complexity index is 594. The molecule has 0 amide bonds. The molecule has 3 nitrogen and oxygen atoms in total. The zero-order valence-electron chi connectivity index (χ0n) is 9.38. The van der Waals surface area contributed by atoms with Gasteiger partial charge in [-0.2, -0.15) is 0 Å². The van der Waals surface area contributed by atoms with Crippen molar-refractivity contribution in [2.24, 2.45) is 5.16 Å². The summed E-state index contributed by atoms with van der Waals surface area (Å²) in [5.74, 6) is -0.369. The Hall–Kier alpha value is -2.13. The van der Waals surface area contributed by atoms with E-state index in [2.05, 4.69) is 5.16 Å². The first-order valence-electron chi connectivity index (χ1n) is 5.30. The predicted octanol–water partition coefficient (Wildman–Crippen LogP) is 3.40. The van der Waals surface area contributed by atoms with Gasteiger partial charge in [-0.25, -0.2) is 0 Å². The van der Waals surface area contributed by atoms with E-state index in [1.165, 1.54) is 6.07 Å². The van der Waals surface area contributed by atoms with Crippen LogP contribution < -0.4 is 0 Å². The molecule has 0 saturated heterocycles. The van der Waals surface area contributed by atoms with Crippen LogP contribution in [0.1, 0.15) is 15.9 Å². The third-order valence-electron chi connectivity index (χ3n) is 2.45. The molecule has 0 fully saturated rings. The average Bonchev–Trinajstić information content (AvgIpc) is 2.41. The highest BCUT2D eigenvalue weighted by Gasteiger charge is 2.16. The molecule has 0 radical (unpaired) electrons. The minimum Gasteiger partial charge on any atom is -0.410 e. The van der Waals surface area contributed by atoms with Gasteiger partial charge in [-0.3, -0.25) is 4.79 Å². The molecule has 18 heavy (non-hydrogen) atoms. The number of nitrogens with zero attached hydrogens (tertiary/aromatic N) is 1. The van der Waals surface area contributed by atoms with Crippen molar-refractivity contribution < 1.29 is 10.0 Å². The predicted molar refractivity (Wildman–Crippen MR) is 70.5 cm³/mol. The largest absolute Gasteiger partial charge is 0.410 e. The molecule has 90 valence electrons. The van der Waals surface area contributed by atoms with Crippen molar-refractivity contribution in [3.8, 4) is 0 Å².